The number of benzene rings is 1. The molecule has 0 radical (unpaired) electrons. The zero-order valence-electron chi connectivity index (χ0n) is 19.3. The number of rotatable bonds is 7. The number of pyridine rings is 1. The molecule has 1 saturated carbocycles. The number of alkyl halides is 3. The normalized spacial score (nSPS) is 18.3. The fraction of sp³-hybridized carbons (Fsp3) is 0.440. The largest absolute Gasteiger partial charge is 0.487 e. The molecule has 1 aliphatic heterocycles. The molecule has 2 heterocycles. The Morgan fingerprint density at radius 1 is 1.17 bits per heavy atom. The summed E-state index contributed by atoms with van der Waals surface area (Å²) in [7, 11) is 0. The number of amides is 2. The summed E-state index contributed by atoms with van der Waals surface area (Å²) in [5.74, 6) is -0.213. The average Bonchev–Trinajstić information content (AvgIpc) is 3.09. The minimum absolute atomic E-state index is 0.0988. The second-order valence-corrected chi connectivity index (χ2v) is 8.89. The van der Waals surface area contributed by atoms with Crippen LogP contribution in [0.15, 0.2) is 53.8 Å². The van der Waals surface area contributed by atoms with Crippen LogP contribution in [-0.2, 0) is 15.8 Å². The molecule has 2 aromatic rings. The van der Waals surface area contributed by atoms with Gasteiger partial charge in [-0.2, -0.15) is 13.2 Å². The molecule has 2 amide bonds. The molecule has 10 heteroatoms. The molecule has 7 nitrogen and oxygen atoms in total. The highest BCUT2D eigenvalue weighted by Gasteiger charge is 2.48. The molecule has 1 fully saturated rings. The van der Waals surface area contributed by atoms with Crippen LogP contribution < -0.4 is 10.1 Å². The standard InChI is InChI=1S/C25H27F3N4O3/c1-17(35-20-6-5-13-29-15-20)14-30-21(33)16-32-23(34)22(31-24(32)11-3-2-4-12-24)18-7-9-19(10-8-18)25(26,27)28/h5-10,13,15,17H,2-4,11-12,14,16H2,1H3,(H,30,33). The highest BCUT2D eigenvalue weighted by molar-refractivity contribution is 6.47. The van der Waals surface area contributed by atoms with Crippen molar-refractivity contribution in [3.05, 3.63) is 59.9 Å². The molecule has 2 aliphatic rings. The third kappa shape index (κ3) is 5.63. The van der Waals surface area contributed by atoms with E-state index in [2.05, 4.69) is 10.3 Å². The van der Waals surface area contributed by atoms with Crippen LogP contribution in [0, 0.1) is 0 Å². The summed E-state index contributed by atoms with van der Waals surface area (Å²) in [5, 5.41) is 2.80. The molecular formula is C25H27F3N4O3. The van der Waals surface area contributed by atoms with Crippen LogP contribution in [0.5, 0.6) is 5.75 Å². The zero-order chi connectivity index (χ0) is 25.1. The van der Waals surface area contributed by atoms with Crippen LogP contribution in [-0.4, -0.2) is 52.3 Å². The number of nitrogens with one attached hydrogen (secondary N) is 1. The maximum absolute atomic E-state index is 13.3. The Balaban J connectivity index is 1.45. The van der Waals surface area contributed by atoms with Crippen LogP contribution in [0.25, 0.3) is 0 Å². The summed E-state index contributed by atoms with van der Waals surface area (Å²) < 4.78 is 44.6. The summed E-state index contributed by atoms with van der Waals surface area (Å²) >= 11 is 0. The molecule has 186 valence electrons. The molecular weight excluding hydrogens is 461 g/mol. The molecule has 1 atom stereocenters. The number of aliphatic imine (C=N–C) groups is 1. The maximum Gasteiger partial charge on any atom is 0.416 e. The topological polar surface area (TPSA) is 83.9 Å². The van der Waals surface area contributed by atoms with Gasteiger partial charge < -0.3 is 15.0 Å². The van der Waals surface area contributed by atoms with E-state index in [4.69, 9.17) is 9.73 Å². The molecule has 0 bridgehead atoms. The van der Waals surface area contributed by atoms with Crippen LogP contribution in [0.4, 0.5) is 13.2 Å². The van der Waals surface area contributed by atoms with Crippen molar-refractivity contribution in [1.29, 1.82) is 0 Å². The number of carbonyl (C=O) groups excluding carboxylic acids is 2. The fourth-order valence-electron chi connectivity index (χ4n) is 4.50. The fourth-order valence-corrected chi connectivity index (χ4v) is 4.50. The van der Waals surface area contributed by atoms with Crippen molar-refractivity contribution >= 4 is 17.5 Å². The van der Waals surface area contributed by atoms with Gasteiger partial charge in [-0.15, -0.1) is 0 Å². The number of hydrogen-bond acceptors (Lipinski definition) is 5. The van der Waals surface area contributed by atoms with Gasteiger partial charge in [0, 0.05) is 11.8 Å². The molecule has 1 aliphatic carbocycles. The van der Waals surface area contributed by atoms with Gasteiger partial charge in [-0.05, 0) is 56.9 Å². The molecule has 4 rings (SSSR count). The number of aromatic nitrogens is 1. The van der Waals surface area contributed by atoms with Crippen LogP contribution in [0.1, 0.15) is 50.2 Å². The quantitative estimate of drug-likeness (QED) is 0.639. The van der Waals surface area contributed by atoms with Gasteiger partial charge in [-0.1, -0.05) is 18.6 Å². The van der Waals surface area contributed by atoms with E-state index in [1.165, 1.54) is 17.0 Å². The van der Waals surface area contributed by atoms with Crippen molar-refractivity contribution in [1.82, 2.24) is 15.2 Å². The van der Waals surface area contributed by atoms with Crippen molar-refractivity contribution in [3.63, 3.8) is 0 Å². The Kier molecular flexibility index (Phi) is 7.09. The third-order valence-electron chi connectivity index (χ3n) is 6.27. The lowest BCUT2D eigenvalue weighted by molar-refractivity contribution is -0.137. The first-order valence-electron chi connectivity index (χ1n) is 11.6. The molecule has 1 aromatic carbocycles. The number of hydrogen-bond donors (Lipinski definition) is 1. The molecule has 0 saturated heterocycles. The van der Waals surface area contributed by atoms with E-state index in [9.17, 15) is 22.8 Å². The predicted octanol–water partition coefficient (Wildman–Crippen LogP) is 3.98. The number of carbonyl (C=O) groups is 2. The van der Waals surface area contributed by atoms with Crippen molar-refractivity contribution in [2.24, 2.45) is 4.99 Å². The second-order valence-electron chi connectivity index (χ2n) is 8.89. The van der Waals surface area contributed by atoms with Gasteiger partial charge >= 0.3 is 6.18 Å². The van der Waals surface area contributed by atoms with E-state index >= 15 is 0 Å². The molecule has 1 N–H and O–H groups in total. The van der Waals surface area contributed by atoms with Gasteiger partial charge in [0.05, 0.1) is 18.3 Å². The van der Waals surface area contributed by atoms with E-state index in [0.29, 0.717) is 24.2 Å². The van der Waals surface area contributed by atoms with E-state index in [0.717, 1.165) is 31.4 Å². The van der Waals surface area contributed by atoms with E-state index in [-0.39, 0.29) is 30.8 Å². The van der Waals surface area contributed by atoms with Crippen molar-refractivity contribution < 1.29 is 27.5 Å². The highest BCUT2D eigenvalue weighted by atomic mass is 19.4. The highest BCUT2D eigenvalue weighted by Crippen LogP contribution is 2.39. The lowest BCUT2D eigenvalue weighted by atomic mass is 9.88. The number of halogens is 3. The van der Waals surface area contributed by atoms with Crippen molar-refractivity contribution in [2.45, 2.75) is 57.0 Å². The third-order valence-corrected chi connectivity index (χ3v) is 6.27. The smallest absolute Gasteiger partial charge is 0.416 e. The molecule has 1 aromatic heterocycles. The maximum atomic E-state index is 13.3. The summed E-state index contributed by atoms with van der Waals surface area (Å²) in [6.45, 7) is 1.85. The lowest BCUT2D eigenvalue weighted by Gasteiger charge is -2.38. The van der Waals surface area contributed by atoms with Crippen LogP contribution in [0.3, 0.4) is 0 Å². The summed E-state index contributed by atoms with van der Waals surface area (Å²) in [6, 6.07) is 7.92. The van der Waals surface area contributed by atoms with Gasteiger partial charge in [0.15, 0.2) is 0 Å². The van der Waals surface area contributed by atoms with Gasteiger partial charge in [-0.3, -0.25) is 19.6 Å². The first-order valence-corrected chi connectivity index (χ1v) is 11.6. The Hall–Kier alpha value is -3.43. The Morgan fingerprint density at radius 2 is 1.89 bits per heavy atom. The zero-order valence-corrected chi connectivity index (χ0v) is 19.3. The molecule has 1 spiro atoms. The first-order chi connectivity index (χ1) is 16.7. The first kappa shape index (κ1) is 24.7. The van der Waals surface area contributed by atoms with Gasteiger partial charge in [0.1, 0.15) is 29.8 Å². The Labute approximate surface area is 201 Å². The SMILES string of the molecule is CC(CNC(=O)CN1C(=O)C(c2ccc(C(F)(F)F)cc2)=NC12CCCCC2)Oc1cccnc1. The van der Waals surface area contributed by atoms with Gasteiger partial charge in [0.2, 0.25) is 5.91 Å². The van der Waals surface area contributed by atoms with Crippen LogP contribution >= 0.6 is 0 Å². The Bertz CT molecular complexity index is 1080. The lowest BCUT2D eigenvalue weighted by Crippen LogP contribution is -2.52. The van der Waals surface area contributed by atoms with E-state index in [1.807, 2.05) is 6.92 Å². The monoisotopic (exact) mass is 488 g/mol. The number of ether oxygens (including phenoxy) is 1. The van der Waals surface area contributed by atoms with Crippen molar-refractivity contribution in [3.8, 4) is 5.75 Å². The van der Waals surface area contributed by atoms with Gasteiger partial charge in [0.25, 0.3) is 5.91 Å². The van der Waals surface area contributed by atoms with Gasteiger partial charge in [-0.25, -0.2) is 0 Å². The average molecular weight is 489 g/mol. The summed E-state index contributed by atoms with van der Waals surface area (Å²) in [5.41, 5.74) is -1.22. The van der Waals surface area contributed by atoms with E-state index < -0.39 is 23.3 Å². The molecule has 35 heavy (non-hydrogen) atoms. The predicted molar refractivity (Wildman–Crippen MR) is 123 cm³/mol. The minimum Gasteiger partial charge on any atom is -0.487 e. The Morgan fingerprint density at radius 3 is 2.51 bits per heavy atom. The molecule has 1 unspecified atom stereocenters. The summed E-state index contributed by atoms with van der Waals surface area (Å²) in [6.07, 6.45) is 2.35. The second kappa shape index (κ2) is 10.1. The minimum atomic E-state index is -4.47. The van der Waals surface area contributed by atoms with Crippen LogP contribution in [0.2, 0.25) is 0 Å². The number of nitrogens with zero attached hydrogens (tertiary/aromatic N) is 3. The van der Waals surface area contributed by atoms with Crippen molar-refractivity contribution in [2.75, 3.05) is 13.1 Å². The summed E-state index contributed by atoms with van der Waals surface area (Å²) in [4.78, 5) is 36.3. The van der Waals surface area contributed by atoms with E-state index in [1.54, 1.807) is 24.5 Å².